The molecule has 2 N–H and O–H groups in total. The zero-order chi connectivity index (χ0) is 14.8. The van der Waals surface area contributed by atoms with Crippen LogP contribution in [-0.4, -0.2) is 16.8 Å². The van der Waals surface area contributed by atoms with E-state index in [9.17, 15) is 9.59 Å². The van der Waals surface area contributed by atoms with Gasteiger partial charge in [-0.05, 0) is 31.0 Å². The molecule has 1 aromatic carbocycles. The molecule has 5 nitrogen and oxygen atoms in total. The summed E-state index contributed by atoms with van der Waals surface area (Å²) in [6.45, 7) is 1.80. The first-order valence-corrected chi connectivity index (χ1v) is 7.98. The Morgan fingerprint density at radius 3 is 2.81 bits per heavy atom. The van der Waals surface area contributed by atoms with Crippen LogP contribution in [0.4, 0.5) is 10.8 Å². The molecule has 0 bridgehead atoms. The highest BCUT2D eigenvalue weighted by molar-refractivity contribution is 7.22. The minimum atomic E-state index is -0.0486. The van der Waals surface area contributed by atoms with Gasteiger partial charge in [-0.25, -0.2) is 4.98 Å². The number of thiazole rings is 1. The maximum absolute atomic E-state index is 11.9. The Bertz CT molecular complexity index is 691. The van der Waals surface area contributed by atoms with Crippen molar-refractivity contribution in [2.45, 2.75) is 32.6 Å². The van der Waals surface area contributed by atoms with Gasteiger partial charge in [-0.2, -0.15) is 0 Å². The SMILES string of the molecule is CCC(=O)Nc1nc2cc(NC(=O)C3CCC3)ccc2s1. The number of amides is 2. The number of nitrogens with one attached hydrogen (secondary N) is 2. The topological polar surface area (TPSA) is 71.1 Å². The van der Waals surface area contributed by atoms with Crippen molar-refractivity contribution < 1.29 is 9.59 Å². The number of hydrogen-bond donors (Lipinski definition) is 2. The Labute approximate surface area is 126 Å². The summed E-state index contributed by atoms with van der Waals surface area (Å²) in [7, 11) is 0. The number of aromatic nitrogens is 1. The van der Waals surface area contributed by atoms with E-state index in [2.05, 4.69) is 15.6 Å². The second kappa shape index (κ2) is 5.81. The first kappa shape index (κ1) is 14.0. The van der Waals surface area contributed by atoms with Gasteiger partial charge >= 0.3 is 0 Å². The second-order valence-corrected chi connectivity index (χ2v) is 6.25. The number of rotatable bonds is 4. The maximum Gasteiger partial charge on any atom is 0.227 e. The molecule has 1 aliphatic carbocycles. The number of carbonyl (C=O) groups is 2. The molecular formula is C15H17N3O2S. The highest BCUT2D eigenvalue weighted by atomic mass is 32.1. The highest BCUT2D eigenvalue weighted by Gasteiger charge is 2.25. The largest absolute Gasteiger partial charge is 0.326 e. The van der Waals surface area contributed by atoms with Crippen LogP contribution in [-0.2, 0) is 9.59 Å². The molecule has 110 valence electrons. The number of benzene rings is 1. The van der Waals surface area contributed by atoms with E-state index < -0.39 is 0 Å². The van der Waals surface area contributed by atoms with E-state index in [1.807, 2.05) is 18.2 Å². The van der Waals surface area contributed by atoms with Crippen molar-refractivity contribution in [3.63, 3.8) is 0 Å². The van der Waals surface area contributed by atoms with Crippen LogP contribution < -0.4 is 10.6 Å². The van der Waals surface area contributed by atoms with E-state index in [1.54, 1.807) is 6.92 Å². The third-order valence-electron chi connectivity index (χ3n) is 3.70. The van der Waals surface area contributed by atoms with Crippen molar-refractivity contribution in [1.29, 1.82) is 0 Å². The number of nitrogens with zero attached hydrogens (tertiary/aromatic N) is 1. The summed E-state index contributed by atoms with van der Waals surface area (Å²) in [4.78, 5) is 27.7. The molecule has 21 heavy (non-hydrogen) atoms. The zero-order valence-corrected chi connectivity index (χ0v) is 12.6. The van der Waals surface area contributed by atoms with Gasteiger partial charge in [0, 0.05) is 18.0 Å². The minimum Gasteiger partial charge on any atom is -0.326 e. The molecule has 0 atom stereocenters. The monoisotopic (exact) mass is 303 g/mol. The lowest BCUT2D eigenvalue weighted by Gasteiger charge is -2.23. The Hall–Kier alpha value is -1.95. The number of anilines is 2. The summed E-state index contributed by atoms with van der Waals surface area (Å²) in [5.74, 6) is 0.207. The van der Waals surface area contributed by atoms with Gasteiger partial charge in [0.15, 0.2) is 5.13 Å². The van der Waals surface area contributed by atoms with E-state index in [4.69, 9.17) is 0 Å². The Morgan fingerprint density at radius 2 is 2.14 bits per heavy atom. The predicted molar refractivity (Wildman–Crippen MR) is 84.5 cm³/mol. The van der Waals surface area contributed by atoms with Gasteiger partial charge in [0.05, 0.1) is 10.2 Å². The van der Waals surface area contributed by atoms with Crippen LogP contribution in [0.25, 0.3) is 10.2 Å². The lowest BCUT2D eigenvalue weighted by molar-refractivity contribution is -0.122. The minimum absolute atomic E-state index is 0.0486. The predicted octanol–water partition coefficient (Wildman–Crippen LogP) is 3.38. The molecule has 3 rings (SSSR count). The quantitative estimate of drug-likeness (QED) is 0.909. The lowest BCUT2D eigenvalue weighted by atomic mass is 9.85. The summed E-state index contributed by atoms with van der Waals surface area (Å²) in [6, 6.07) is 5.65. The molecule has 0 unspecified atom stereocenters. The molecule has 2 amide bonds. The fraction of sp³-hybridized carbons (Fsp3) is 0.400. The van der Waals surface area contributed by atoms with Crippen LogP contribution in [0.1, 0.15) is 32.6 Å². The molecule has 1 aromatic heterocycles. The molecule has 0 saturated heterocycles. The van der Waals surface area contributed by atoms with Gasteiger partial charge in [0.2, 0.25) is 11.8 Å². The molecule has 0 radical (unpaired) electrons. The summed E-state index contributed by atoms with van der Waals surface area (Å²) >= 11 is 1.43. The molecule has 0 aliphatic heterocycles. The molecule has 1 heterocycles. The van der Waals surface area contributed by atoms with Crippen molar-refractivity contribution in [2.24, 2.45) is 5.92 Å². The average molecular weight is 303 g/mol. The summed E-state index contributed by atoms with van der Waals surface area (Å²) < 4.78 is 0.989. The van der Waals surface area contributed by atoms with Gasteiger partial charge in [-0.15, -0.1) is 0 Å². The van der Waals surface area contributed by atoms with Crippen LogP contribution in [0.15, 0.2) is 18.2 Å². The van der Waals surface area contributed by atoms with Crippen molar-refractivity contribution in [1.82, 2.24) is 4.98 Å². The van der Waals surface area contributed by atoms with Gasteiger partial charge in [0.25, 0.3) is 0 Å². The van der Waals surface area contributed by atoms with Crippen LogP contribution in [0.3, 0.4) is 0 Å². The third-order valence-corrected chi connectivity index (χ3v) is 4.65. The Kier molecular flexibility index (Phi) is 3.88. The number of fused-ring (bicyclic) bond motifs is 1. The number of carbonyl (C=O) groups excluding carboxylic acids is 2. The van der Waals surface area contributed by atoms with Crippen LogP contribution >= 0.6 is 11.3 Å². The standard InChI is InChI=1S/C15H17N3O2S/c1-2-13(19)18-15-17-11-8-10(6-7-12(11)21-15)16-14(20)9-4-3-5-9/h6-9H,2-5H2,1H3,(H,16,20)(H,17,18,19). The average Bonchev–Trinajstić information content (AvgIpc) is 2.77. The first-order chi connectivity index (χ1) is 10.2. The fourth-order valence-electron chi connectivity index (χ4n) is 2.18. The van der Waals surface area contributed by atoms with E-state index in [0.29, 0.717) is 11.6 Å². The van der Waals surface area contributed by atoms with Crippen LogP contribution in [0.2, 0.25) is 0 Å². The van der Waals surface area contributed by atoms with Gasteiger partial charge in [-0.1, -0.05) is 24.7 Å². The fourth-order valence-corrected chi connectivity index (χ4v) is 3.04. The van der Waals surface area contributed by atoms with E-state index >= 15 is 0 Å². The van der Waals surface area contributed by atoms with Crippen molar-refractivity contribution in [3.8, 4) is 0 Å². The molecule has 1 aliphatic rings. The molecule has 6 heteroatoms. The van der Waals surface area contributed by atoms with E-state index in [-0.39, 0.29) is 17.7 Å². The van der Waals surface area contributed by atoms with Gasteiger partial charge < -0.3 is 10.6 Å². The first-order valence-electron chi connectivity index (χ1n) is 7.17. The number of hydrogen-bond acceptors (Lipinski definition) is 4. The Morgan fingerprint density at radius 1 is 1.33 bits per heavy atom. The van der Waals surface area contributed by atoms with Crippen molar-refractivity contribution >= 4 is 44.2 Å². The van der Waals surface area contributed by atoms with E-state index in [0.717, 1.165) is 35.2 Å². The molecular weight excluding hydrogens is 286 g/mol. The highest BCUT2D eigenvalue weighted by Crippen LogP contribution is 2.30. The smallest absolute Gasteiger partial charge is 0.227 e. The van der Waals surface area contributed by atoms with E-state index in [1.165, 1.54) is 11.3 Å². The lowest BCUT2D eigenvalue weighted by Crippen LogP contribution is -2.27. The van der Waals surface area contributed by atoms with Crippen molar-refractivity contribution in [2.75, 3.05) is 10.6 Å². The normalized spacial score (nSPS) is 14.7. The molecule has 2 aromatic rings. The Balaban J connectivity index is 1.76. The summed E-state index contributed by atoms with van der Waals surface area (Å²) in [6.07, 6.45) is 3.54. The third kappa shape index (κ3) is 3.05. The van der Waals surface area contributed by atoms with Crippen LogP contribution in [0, 0.1) is 5.92 Å². The van der Waals surface area contributed by atoms with Gasteiger partial charge in [-0.3, -0.25) is 9.59 Å². The zero-order valence-electron chi connectivity index (χ0n) is 11.8. The molecule has 1 saturated carbocycles. The second-order valence-electron chi connectivity index (χ2n) is 5.22. The summed E-state index contributed by atoms with van der Waals surface area (Å²) in [5.41, 5.74) is 1.55. The van der Waals surface area contributed by atoms with Crippen molar-refractivity contribution in [3.05, 3.63) is 18.2 Å². The summed E-state index contributed by atoms with van der Waals surface area (Å²) in [5, 5.41) is 6.29. The maximum atomic E-state index is 11.9. The van der Waals surface area contributed by atoms with Gasteiger partial charge in [0.1, 0.15) is 0 Å². The molecule has 1 fully saturated rings. The van der Waals surface area contributed by atoms with Crippen LogP contribution in [0.5, 0.6) is 0 Å². The molecule has 0 spiro atoms.